The second-order valence-corrected chi connectivity index (χ2v) is 4.36. The second kappa shape index (κ2) is 3.79. The van der Waals surface area contributed by atoms with Crippen LogP contribution < -0.4 is 10.6 Å². The number of pyridine rings is 1. The monoisotopic (exact) mass is 216 g/mol. The Bertz CT molecular complexity index is 482. The maximum absolute atomic E-state index is 5.92. The highest BCUT2D eigenvalue weighted by molar-refractivity contribution is 5.51. The van der Waals surface area contributed by atoms with Crippen molar-refractivity contribution in [2.45, 2.75) is 18.9 Å². The molecule has 4 nitrogen and oxygen atoms in total. The summed E-state index contributed by atoms with van der Waals surface area (Å²) in [6, 6.07) is 6.61. The Morgan fingerprint density at radius 2 is 2.06 bits per heavy atom. The van der Waals surface area contributed by atoms with E-state index in [1.807, 2.05) is 18.5 Å². The first-order valence-corrected chi connectivity index (χ1v) is 5.77. The number of rotatable bonds is 1. The summed E-state index contributed by atoms with van der Waals surface area (Å²) in [6.45, 7) is 2.08. The van der Waals surface area contributed by atoms with Gasteiger partial charge in [-0.15, -0.1) is 0 Å². The Morgan fingerprint density at radius 3 is 2.88 bits per heavy atom. The van der Waals surface area contributed by atoms with Crippen LogP contribution in [0.5, 0.6) is 0 Å². The fraction of sp³-hybridized carbons (Fsp3) is 0.417. The number of anilines is 1. The van der Waals surface area contributed by atoms with E-state index in [1.165, 1.54) is 5.82 Å². The minimum absolute atomic E-state index is 0.373. The van der Waals surface area contributed by atoms with Crippen molar-refractivity contribution in [2.75, 3.05) is 18.0 Å². The molecular weight excluding hydrogens is 200 g/mol. The summed E-state index contributed by atoms with van der Waals surface area (Å²) in [7, 11) is 0. The molecule has 84 valence electrons. The normalized spacial score (nSPS) is 18.2. The summed E-state index contributed by atoms with van der Waals surface area (Å²) in [5.74, 6) is 1.22. The number of fused-ring (bicyclic) bond motifs is 1. The van der Waals surface area contributed by atoms with Gasteiger partial charge in [0.05, 0.1) is 0 Å². The van der Waals surface area contributed by atoms with Crippen molar-refractivity contribution in [2.24, 2.45) is 5.73 Å². The number of hydrogen-bond acceptors (Lipinski definition) is 3. The van der Waals surface area contributed by atoms with Crippen LogP contribution in [0.3, 0.4) is 0 Å². The summed E-state index contributed by atoms with van der Waals surface area (Å²) in [6.07, 6.45) is 6.00. The number of aromatic nitrogens is 2. The lowest BCUT2D eigenvalue weighted by Crippen LogP contribution is -2.40. The van der Waals surface area contributed by atoms with Gasteiger partial charge in [0.15, 0.2) is 0 Å². The highest BCUT2D eigenvalue weighted by Crippen LogP contribution is 2.20. The Balaban J connectivity index is 1.96. The highest BCUT2D eigenvalue weighted by Gasteiger charge is 2.17. The van der Waals surface area contributed by atoms with Crippen molar-refractivity contribution in [1.82, 2.24) is 9.38 Å². The van der Waals surface area contributed by atoms with Gasteiger partial charge >= 0.3 is 0 Å². The van der Waals surface area contributed by atoms with Crippen LogP contribution in [0.15, 0.2) is 30.6 Å². The van der Waals surface area contributed by atoms with E-state index in [4.69, 9.17) is 5.73 Å². The average molecular weight is 216 g/mol. The largest absolute Gasteiger partial charge is 0.358 e. The lowest BCUT2D eigenvalue weighted by molar-refractivity contribution is 0.497. The Hall–Kier alpha value is -1.55. The number of nitrogens with zero attached hydrogens (tertiary/aromatic N) is 3. The average Bonchev–Trinajstić information content (AvgIpc) is 2.78. The molecule has 1 aliphatic heterocycles. The van der Waals surface area contributed by atoms with Gasteiger partial charge in [0.2, 0.25) is 0 Å². The zero-order chi connectivity index (χ0) is 11.0. The van der Waals surface area contributed by atoms with Crippen LogP contribution >= 0.6 is 0 Å². The fourth-order valence-electron chi connectivity index (χ4n) is 2.32. The summed E-state index contributed by atoms with van der Waals surface area (Å²) in [5, 5.41) is 0. The van der Waals surface area contributed by atoms with Crippen molar-refractivity contribution in [3.05, 3.63) is 30.6 Å². The van der Waals surface area contributed by atoms with E-state index in [1.54, 1.807) is 0 Å². The van der Waals surface area contributed by atoms with Gasteiger partial charge in [0, 0.05) is 31.5 Å². The SMILES string of the molecule is NC1CCN(c2cccc3nccn23)CC1. The van der Waals surface area contributed by atoms with Crippen molar-refractivity contribution < 1.29 is 0 Å². The van der Waals surface area contributed by atoms with E-state index in [-0.39, 0.29) is 0 Å². The van der Waals surface area contributed by atoms with Gasteiger partial charge in [-0.1, -0.05) is 6.07 Å². The fourth-order valence-corrected chi connectivity index (χ4v) is 2.32. The highest BCUT2D eigenvalue weighted by atomic mass is 15.2. The molecule has 1 fully saturated rings. The zero-order valence-electron chi connectivity index (χ0n) is 9.21. The number of piperidine rings is 1. The molecule has 0 spiro atoms. The molecule has 0 bridgehead atoms. The van der Waals surface area contributed by atoms with Gasteiger partial charge in [-0.2, -0.15) is 0 Å². The minimum Gasteiger partial charge on any atom is -0.358 e. The first-order chi connectivity index (χ1) is 7.84. The number of nitrogens with two attached hydrogens (primary N) is 1. The summed E-state index contributed by atoms with van der Waals surface area (Å²) >= 11 is 0. The molecule has 2 aromatic rings. The van der Waals surface area contributed by atoms with Crippen LogP contribution in [0.1, 0.15) is 12.8 Å². The predicted molar refractivity (Wildman–Crippen MR) is 64.6 cm³/mol. The Kier molecular flexibility index (Phi) is 2.29. The third-order valence-electron chi connectivity index (χ3n) is 3.27. The third-order valence-corrected chi connectivity index (χ3v) is 3.27. The molecule has 0 aliphatic carbocycles. The summed E-state index contributed by atoms with van der Waals surface area (Å²) in [4.78, 5) is 6.69. The van der Waals surface area contributed by atoms with Crippen molar-refractivity contribution in [1.29, 1.82) is 0 Å². The summed E-state index contributed by atoms with van der Waals surface area (Å²) in [5.41, 5.74) is 6.93. The van der Waals surface area contributed by atoms with Gasteiger partial charge in [-0.05, 0) is 25.0 Å². The maximum Gasteiger partial charge on any atom is 0.138 e. The predicted octanol–water partition coefficient (Wildman–Crippen LogP) is 1.26. The summed E-state index contributed by atoms with van der Waals surface area (Å²) < 4.78 is 2.14. The molecule has 4 heteroatoms. The van der Waals surface area contributed by atoms with Gasteiger partial charge in [0.25, 0.3) is 0 Å². The van der Waals surface area contributed by atoms with Crippen LogP contribution in [-0.2, 0) is 0 Å². The quantitative estimate of drug-likeness (QED) is 0.780. The van der Waals surface area contributed by atoms with E-state index in [2.05, 4.69) is 26.4 Å². The smallest absolute Gasteiger partial charge is 0.138 e. The molecule has 1 saturated heterocycles. The van der Waals surface area contributed by atoms with Crippen LogP contribution in [0.25, 0.3) is 5.65 Å². The van der Waals surface area contributed by atoms with Crippen LogP contribution in [0.4, 0.5) is 5.82 Å². The standard InChI is InChI=1S/C12H16N4/c13-10-4-7-15(8-5-10)12-3-1-2-11-14-6-9-16(11)12/h1-3,6,9-10H,4-5,7-8,13H2. The van der Waals surface area contributed by atoms with Gasteiger partial charge in [-0.25, -0.2) is 4.98 Å². The lowest BCUT2D eigenvalue weighted by atomic mass is 10.1. The molecule has 2 aromatic heterocycles. The molecule has 3 rings (SSSR count). The van der Waals surface area contributed by atoms with Crippen LogP contribution in [-0.4, -0.2) is 28.5 Å². The van der Waals surface area contributed by atoms with Crippen molar-refractivity contribution in [3.63, 3.8) is 0 Å². The van der Waals surface area contributed by atoms with Crippen molar-refractivity contribution >= 4 is 11.5 Å². The van der Waals surface area contributed by atoms with E-state index < -0.39 is 0 Å². The molecule has 3 heterocycles. The molecule has 1 aliphatic rings. The zero-order valence-corrected chi connectivity index (χ0v) is 9.21. The molecule has 0 radical (unpaired) electrons. The van der Waals surface area contributed by atoms with Crippen LogP contribution in [0.2, 0.25) is 0 Å². The molecule has 16 heavy (non-hydrogen) atoms. The third kappa shape index (κ3) is 1.55. The first kappa shape index (κ1) is 9.66. The topological polar surface area (TPSA) is 46.6 Å². The number of hydrogen-bond donors (Lipinski definition) is 1. The van der Waals surface area contributed by atoms with E-state index in [0.717, 1.165) is 31.6 Å². The van der Waals surface area contributed by atoms with Crippen molar-refractivity contribution in [3.8, 4) is 0 Å². The molecule has 0 unspecified atom stereocenters. The molecule has 0 atom stereocenters. The molecule has 0 saturated carbocycles. The Labute approximate surface area is 94.7 Å². The molecule has 2 N–H and O–H groups in total. The number of imidazole rings is 1. The Morgan fingerprint density at radius 1 is 1.25 bits per heavy atom. The second-order valence-electron chi connectivity index (χ2n) is 4.36. The van der Waals surface area contributed by atoms with E-state index in [0.29, 0.717) is 6.04 Å². The van der Waals surface area contributed by atoms with Gasteiger partial charge < -0.3 is 10.6 Å². The first-order valence-electron chi connectivity index (χ1n) is 5.77. The molecular formula is C12H16N4. The lowest BCUT2D eigenvalue weighted by Gasteiger charge is -2.32. The minimum atomic E-state index is 0.373. The van der Waals surface area contributed by atoms with E-state index >= 15 is 0 Å². The molecule has 0 amide bonds. The maximum atomic E-state index is 5.92. The van der Waals surface area contributed by atoms with Gasteiger partial charge in [-0.3, -0.25) is 4.40 Å². The van der Waals surface area contributed by atoms with Gasteiger partial charge in [0.1, 0.15) is 11.5 Å². The molecule has 0 aromatic carbocycles. The van der Waals surface area contributed by atoms with Crippen LogP contribution in [0, 0.1) is 0 Å². The van der Waals surface area contributed by atoms with E-state index in [9.17, 15) is 0 Å².